The molecule has 4 heteroatoms. The molecule has 0 amide bonds. The maximum atomic E-state index is 13.8. The third-order valence-electron chi connectivity index (χ3n) is 6.32. The van der Waals surface area contributed by atoms with E-state index in [2.05, 4.69) is 55.2 Å². The van der Waals surface area contributed by atoms with Crippen LogP contribution in [0.15, 0.2) is 18.2 Å². The first-order valence-corrected chi connectivity index (χ1v) is 11.8. The Bertz CT molecular complexity index is 1110. The molecule has 0 saturated heterocycles. The fourth-order valence-corrected chi connectivity index (χ4v) is 4.60. The number of rotatable bonds is 11. The second-order valence-electron chi connectivity index (χ2n) is 8.77. The van der Waals surface area contributed by atoms with Crippen LogP contribution >= 0.6 is 0 Å². The Balaban J connectivity index is 1.77. The molecule has 2 aromatic heterocycles. The number of fused-ring (bicyclic) bond motifs is 1. The summed E-state index contributed by atoms with van der Waals surface area (Å²) in [5.74, 6) is -0.225. The second kappa shape index (κ2) is 10.8. The van der Waals surface area contributed by atoms with Crippen LogP contribution in [-0.4, -0.2) is 34.5 Å². The van der Waals surface area contributed by atoms with Gasteiger partial charge < -0.3 is 14.9 Å². The van der Waals surface area contributed by atoms with E-state index in [9.17, 15) is 4.39 Å². The Morgan fingerprint density at radius 3 is 2.52 bits per heavy atom. The molecule has 3 nitrogen and oxygen atoms in total. The molecule has 0 atom stereocenters. The van der Waals surface area contributed by atoms with E-state index in [1.54, 1.807) is 12.1 Å². The van der Waals surface area contributed by atoms with Crippen molar-refractivity contribution in [1.82, 2.24) is 14.9 Å². The highest BCUT2D eigenvalue weighted by atomic mass is 19.1. The second-order valence-corrected chi connectivity index (χ2v) is 8.77. The molecule has 0 spiro atoms. The molecule has 0 aliphatic rings. The summed E-state index contributed by atoms with van der Waals surface area (Å²) in [6, 6.07) is 4.84. The number of H-pyrrole nitrogens is 2. The zero-order valence-corrected chi connectivity index (χ0v) is 19.7. The molecule has 0 aliphatic heterocycles. The molecular weight excluding hydrogens is 385 g/mol. The number of benzene rings is 1. The van der Waals surface area contributed by atoms with Crippen molar-refractivity contribution in [2.24, 2.45) is 0 Å². The lowest BCUT2D eigenvalue weighted by Crippen LogP contribution is -2.27. The fourth-order valence-electron chi connectivity index (χ4n) is 4.60. The molecule has 168 valence electrons. The fraction of sp³-hybridized carbons (Fsp3) is 0.481. The zero-order chi connectivity index (χ0) is 22.4. The first-order valence-electron chi connectivity index (χ1n) is 11.8. The minimum absolute atomic E-state index is 0.225. The molecule has 1 aromatic carbocycles. The van der Waals surface area contributed by atoms with Gasteiger partial charge in [0.2, 0.25) is 0 Å². The summed E-state index contributed by atoms with van der Waals surface area (Å²) in [6.45, 7) is 16.6. The van der Waals surface area contributed by atoms with Crippen molar-refractivity contribution >= 4 is 23.6 Å². The quantitative estimate of drug-likeness (QED) is 0.402. The van der Waals surface area contributed by atoms with Crippen LogP contribution < -0.4 is 10.6 Å². The molecule has 2 N–H and O–H groups in total. The molecule has 0 fully saturated rings. The zero-order valence-electron chi connectivity index (χ0n) is 19.7. The van der Waals surface area contributed by atoms with Crippen LogP contribution in [0.3, 0.4) is 0 Å². The van der Waals surface area contributed by atoms with Gasteiger partial charge in [0.1, 0.15) is 5.82 Å². The molecule has 0 aliphatic carbocycles. The standard InChI is InChI=1S/C27H38FN3/c1-6-8-9-15-31(14-7-2)16-10-11-23-19(3)27(30-20(23)4)18-24-21(5)29-26-13-12-22(28)17-25(24)26/h12-13,17-18,29-30H,5-11,14-16H2,1-4H3/b24-18+. The number of hydrogen-bond acceptors (Lipinski definition) is 1. The molecule has 0 radical (unpaired) electrons. The summed E-state index contributed by atoms with van der Waals surface area (Å²) >= 11 is 0. The van der Waals surface area contributed by atoms with E-state index in [0.717, 1.165) is 40.1 Å². The van der Waals surface area contributed by atoms with Gasteiger partial charge in [-0.15, -0.1) is 0 Å². The molecule has 3 rings (SSSR count). The van der Waals surface area contributed by atoms with Crippen LogP contribution in [0.1, 0.15) is 68.5 Å². The monoisotopic (exact) mass is 423 g/mol. The predicted octanol–water partition coefficient (Wildman–Crippen LogP) is 5.33. The first-order chi connectivity index (χ1) is 14.9. The van der Waals surface area contributed by atoms with Crippen LogP contribution in [0.4, 0.5) is 4.39 Å². The molecule has 0 saturated carbocycles. The van der Waals surface area contributed by atoms with Crippen molar-refractivity contribution in [3.63, 3.8) is 0 Å². The Morgan fingerprint density at radius 1 is 1.00 bits per heavy atom. The number of aryl methyl sites for hydroxylation is 1. The summed E-state index contributed by atoms with van der Waals surface area (Å²) < 4.78 is 13.8. The summed E-state index contributed by atoms with van der Waals surface area (Å²) in [7, 11) is 0. The van der Waals surface area contributed by atoms with Gasteiger partial charge >= 0.3 is 0 Å². The number of unbranched alkanes of at least 4 members (excludes halogenated alkanes) is 2. The molecular formula is C27H38FN3. The Morgan fingerprint density at radius 2 is 1.77 bits per heavy atom. The van der Waals surface area contributed by atoms with Gasteiger partial charge in [-0.25, -0.2) is 4.39 Å². The normalized spacial score (nSPS) is 12.5. The third-order valence-corrected chi connectivity index (χ3v) is 6.32. The van der Waals surface area contributed by atoms with Crippen LogP contribution in [0, 0.1) is 19.7 Å². The van der Waals surface area contributed by atoms with Gasteiger partial charge in [-0.2, -0.15) is 0 Å². The van der Waals surface area contributed by atoms with E-state index in [1.165, 1.54) is 68.1 Å². The predicted molar refractivity (Wildman–Crippen MR) is 131 cm³/mol. The largest absolute Gasteiger partial charge is 0.359 e. The average Bonchev–Trinajstić information content (AvgIpc) is 3.18. The minimum Gasteiger partial charge on any atom is -0.359 e. The number of aromatic amines is 2. The van der Waals surface area contributed by atoms with Gasteiger partial charge in [0.25, 0.3) is 0 Å². The Kier molecular flexibility index (Phi) is 8.14. The van der Waals surface area contributed by atoms with Gasteiger partial charge in [-0.3, -0.25) is 0 Å². The molecule has 2 heterocycles. The average molecular weight is 424 g/mol. The smallest absolute Gasteiger partial charge is 0.123 e. The number of nitrogens with one attached hydrogen (secondary N) is 2. The van der Waals surface area contributed by atoms with Crippen molar-refractivity contribution < 1.29 is 4.39 Å². The topological polar surface area (TPSA) is 34.8 Å². The van der Waals surface area contributed by atoms with Gasteiger partial charge in [0, 0.05) is 32.9 Å². The molecule has 3 aromatic rings. The number of hydrogen-bond donors (Lipinski definition) is 2. The summed E-state index contributed by atoms with van der Waals surface area (Å²) in [5.41, 5.74) is 5.94. The molecule has 31 heavy (non-hydrogen) atoms. The lowest BCUT2D eigenvalue weighted by Gasteiger charge is -2.21. The van der Waals surface area contributed by atoms with E-state index < -0.39 is 0 Å². The maximum absolute atomic E-state index is 13.8. The van der Waals surface area contributed by atoms with Crippen molar-refractivity contribution in [2.75, 3.05) is 19.6 Å². The highest BCUT2D eigenvalue weighted by molar-refractivity contribution is 5.82. The molecule has 0 unspecified atom stereocenters. The summed E-state index contributed by atoms with van der Waals surface area (Å²) in [5, 5.41) is 2.65. The lowest BCUT2D eigenvalue weighted by molar-refractivity contribution is 0.265. The van der Waals surface area contributed by atoms with Gasteiger partial charge in [0.15, 0.2) is 0 Å². The Hall–Kier alpha value is -2.33. The minimum atomic E-state index is -0.225. The van der Waals surface area contributed by atoms with Crippen LogP contribution in [0.2, 0.25) is 0 Å². The third kappa shape index (κ3) is 5.68. The van der Waals surface area contributed by atoms with Crippen LogP contribution in [0.5, 0.6) is 0 Å². The van der Waals surface area contributed by atoms with E-state index in [1.807, 2.05) is 0 Å². The van der Waals surface area contributed by atoms with Crippen molar-refractivity contribution in [3.05, 3.63) is 57.1 Å². The highest BCUT2D eigenvalue weighted by Crippen LogP contribution is 2.21. The number of nitrogens with zero attached hydrogens (tertiary/aromatic N) is 1. The summed E-state index contributed by atoms with van der Waals surface area (Å²) in [4.78, 5) is 9.45. The van der Waals surface area contributed by atoms with Crippen LogP contribution in [0.25, 0.3) is 23.6 Å². The van der Waals surface area contributed by atoms with Gasteiger partial charge in [-0.05, 0) is 94.6 Å². The SMILES string of the molecule is C=c1[nH]c2ccc(F)cc2/c1=C/c1[nH]c(C)c(CCCN(CCC)CCCCC)c1C. The van der Waals surface area contributed by atoms with Crippen molar-refractivity contribution in [1.29, 1.82) is 0 Å². The van der Waals surface area contributed by atoms with E-state index in [-0.39, 0.29) is 5.82 Å². The van der Waals surface area contributed by atoms with E-state index >= 15 is 0 Å². The van der Waals surface area contributed by atoms with Crippen molar-refractivity contribution in [3.8, 4) is 0 Å². The van der Waals surface area contributed by atoms with Gasteiger partial charge in [0.05, 0.1) is 0 Å². The first kappa shape index (κ1) is 23.3. The highest BCUT2D eigenvalue weighted by Gasteiger charge is 2.12. The van der Waals surface area contributed by atoms with E-state index in [4.69, 9.17) is 0 Å². The van der Waals surface area contributed by atoms with Crippen molar-refractivity contribution in [2.45, 2.75) is 66.2 Å². The Labute approximate surface area is 186 Å². The number of halogens is 1. The molecule has 0 bridgehead atoms. The lowest BCUT2D eigenvalue weighted by atomic mass is 10.0. The van der Waals surface area contributed by atoms with Gasteiger partial charge in [-0.1, -0.05) is 33.3 Å². The number of aromatic nitrogens is 2. The maximum Gasteiger partial charge on any atom is 0.123 e. The summed E-state index contributed by atoms with van der Waals surface area (Å²) in [6.07, 6.45) is 9.48. The van der Waals surface area contributed by atoms with E-state index in [0.29, 0.717) is 0 Å². The van der Waals surface area contributed by atoms with Crippen LogP contribution in [-0.2, 0) is 6.42 Å².